The van der Waals surface area contributed by atoms with Crippen LogP contribution in [0.1, 0.15) is 23.1 Å². The number of furan rings is 1. The molecule has 0 aliphatic heterocycles. The first-order chi connectivity index (χ1) is 9.24. The number of benzene rings is 1. The van der Waals surface area contributed by atoms with E-state index in [4.69, 9.17) is 10.2 Å². The average molecular weight is 252 g/mol. The van der Waals surface area contributed by atoms with Crippen molar-refractivity contribution in [3.63, 3.8) is 0 Å². The molecule has 2 N–H and O–H groups in total. The largest absolute Gasteiger partial charge is 0.465 e. The van der Waals surface area contributed by atoms with Gasteiger partial charge in [0.1, 0.15) is 11.5 Å². The van der Waals surface area contributed by atoms with Crippen LogP contribution >= 0.6 is 0 Å². The first-order valence-electron chi connectivity index (χ1n) is 6.38. The third-order valence-corrected chi connectivity index (χ3v) is 3.31. The van der Waals surface area contributed by atoms with E-state index in [0.29, 0.717) is 0 Å². The molecule has 0 bridgehead atoms. The van der Waals surface area contributed by atoms with Gasteiger partial charge in [0.2, 0.25) is 0 Å². The zero-order chi connectivity index (χ0) is 13.2. The second-order valence-electron chi connectivity index (χ2n) is 4.75. The highest BCUT2D eigenvalue weighted by molar-refractivity contribution is 5.81. The summed E-state index contributed by atoms with van der Waals surface area (Å²) in [5.41, 5.74) is 8.42. The van der Waals surface area contributed by atoms with E-state index in [1.165, 1.54) is 5.56 Å². The minimum Gasteiger partial charge on any atom is -0.465 e. The zero-order valence-electron chi connectivity index (χ0n) is 10.8. The number of hydrogen-bond donors (Lipinski definition) is 1. The lowest BCUT2D eigenvalue weighted by atomic mass is 10.0. The van der Waals surface area contributed by atoms with Crippen LogP contribution in [0, 0.1) is 6.92 Å². The number of rotatable bonds is 3. The van der Waals surface area contributed by atoms with Crippen molar-refractivity contribution in [3.05, 3.63) is 65.7 Å². The normalized spacial score (nSPS) is 12.7. The number of aromatic nitrogens is 1. The second-order valence-corrected chi connectivity index (χ2v) is 4.75. The van der Waals surface area contributed by atoms with Gasteiger partial charge in [0.25, 0.3) is 0 Å². The van der Waals surface area contributed by atoms with Crippen molar-refractivity contribution in [1.29, 1.82) is 0 Å². The summed E-state index contributed by atoms with van der Waals surface area (Å²) in [6.45, 7) is 1.93. The maximum absolute atomic E-state index is 6.22. The second kappa shape index (κ2) is 4.86. The molecule has 96 valence electrons. The van der Waals surface area contributed by atoms with Crippen LogP contribution in [0.15, 0.2) is 53.1 Å². The molecule has 0 saturated carbocycles. The SMILES string of the molecule is Cc1ccc(C(N)Cc2ccnc3ccccc23)o1. The van der Waals surface area contributed by atoms with Crippen molar-refractivity contribution in [3.8, 4) is 0 Å². The molecule has 0 aliphatic carbocycles. The first kappa shape index (κ1) is 11.9. The molecular formula is C16H16N2O. The van der Waals surface area contributed by atoms with Crippen molar-refractivity contribution >= 4 is 10.9 Å². The van der Waals surface area contributed by atoms with E-state index in [0.717, 1.165) is 28.8 Å². The number of para-hydroxylation sites is 1. The van der Waals surface area contributed by atoms with Gasteiger partial charge in [0, 0.05) is 11.6 Å². The first-order valence-corrected chi connectivity index (χ1v) is 6.38. The summed E-state index contributed by atoms with van der Waals surface area (Å²) in [6, 6.07) is 13.9. The highest BCUT2D eigenvalue weighted by atomic mass is 16.3. The van der Waals surface area contributed by atoms with Crippen LogP contribution in [0.25, 0.3) is 10.9 Å². The number of nitrogens with zero attached hydrogens (tertiary/aromatic N) is 1. The Morgan fingerprint density at radius 3 is 2.79 bits per heavy atom. The standard InChI is InChI=1S/C16H16N2O/c1-11-6-7-16(19-11)14(17)10-12-8-9-18-15-5-3-2-4-13(12)15/h2-9,14H,10,17H2,1H3. The van der Waals surface area contributed by atoms with E-state index in [-0.39, 0.29) is 6.04 Å². The molecule has 0 fully saturated rings. The van der Waals surface area contributed by atoms with Gasteiger partial charge in [-0.2, -0.15) is 0 Å². The number of aryl methyl sites for hydroxylation is 1. The molecule has 0 amide bonds. The Balaban J connectivity index is 1.93. The Kier molecular flexibility index (Phi) is 3.05. The number of nitrogens with two attached hydrogens (primary N) is 1. The van der Waals surface area contributed by atoms with Crippen LogP contribution in [-0.4, -0.2) is 4.98 Å². The fourth-order valence-corrected chi connectivity index (χ4v) is 2.32. The Morgan fingerprint density at radius 1 is 1.16 bits per heavy atom. The zero-order valence-corrected chi connectivity index (χ0v) is 10.8. The minimum atomic E-state index is -0.125. The monoisotopic (exact) mass is 252 g/mol. The molecule has 3 aromatic rings. The lowest BCUT2D eigenvalue weighted by Crippen LogP contribution is -2.12. The number of pyridine rings is 1. The summed E-state index contributed by atoms with van der Waals surface area (Å²) in [5, 5.41) is 1.16. The Hall–Kier alpha value is -2.13. The highest BCUT2D eigenvalue weighted by Crippen LogP contribution is 2.23. The summed E-state index contributed by atoms with van der Waals surface area (Å²) in [4.78, 5) is 4.36. The van der Waals surface area contributed by atoms with Gasteiger partial charge in [-0.15, -0.1) is 0 Å². The molecule has 2 heterocycles. The summed E-state index contributed by atoms with van der Waals surface area (Å²) >= 11 is 0. The van der Waals surface area contributed by atoms with Gasteiger partial charge in [-0.25, -0.2) is 0 Å². The van der Waals surface area contributed by atoms with E-state index in [1.807, 2.05) is 49.5 Å². The molecule has 1 unspecified atom stereocenters. The minimum absolute atomic E-state index is 0.125. The van der Waals surface area contributed by atoms with Gasteiger partial charge in [-0.05, 0) is 43.2 Å². The topological polar surface area (TPSA) is 52.0 Å². The van der Waals surface area contributed by atoms with Crippen molar-refractivity contribution in [2.24, 2.45) is 5.73 Å². The predicted octanol–water partition coefficient (Wildman–Crippen LogP) is 3.38. The van der Waals surface area contributed by atoms with E-state index in [1.54, 1.807) is 0 Å². The van der Waals surface area contributed by atoms with Gasteiger partial charge in [-0.3, -0.25) is 4.98 Å². The van der Waals surface area contributed by atoms with Crippen LogP contribution in [0.3, 0.4) is 0 Å². The van der Waals surface area contributed by atoms with Gasteiger partial charge in [0.15, 0.2) is 0 Å². The van der Waals surface area contributed by atoms with Crippen LogP contribution in [0.4, 0.5) is 0 Å². The molecule has 0 radical (unpaired) electrons. The van der Waals surface area contributed by atoms with Gasteiger partial charge >= 0.3 is 0 Å². The van der Waals surface area contributed by atoms with E-state index < -0.39 is 0 Å². The fourth-order valence-electron chi connectivity index (χ4n) is 2.32. The molecule has 3 heteroatoms. The smallest absolute Gasteiger partial charge is 0.121 e. The molecule has 1 aromatic carbocycles. The summed E-state index contributed by atoms with van der Waals surface area (Å²) < 4.78 is 5.59. The maximum atomic E-state index is 6.22. The Labute approximate surface area is 112 Å². The molecule has 3 rings (SSSR count). The number of fused-ring (bicyclic) bond motifs is 1. The van der Waals surface area contributed by atoms with Gasteiger partial charge in [0.05, 0.1) is 11.6 Å². The lowest BCUT2D eigenvalue weighted by Gasteiger charge is -2.11. The van der Waals surface area contributed by atoms with Crippen molar-refractivity contribution in [1.82, 2.24) is 4.98 Å². The molecular weight excluding hydrogens is 236 g/mol. The van der Waals surface area contributed by atoms with E-state index in [2.05, 4.69) is 11.1 Å². The van der Waals surface area contributed by atoms with Crippen LogP contribution < -0.4 is 5.73 Å². The van der Waals surface area contributed by atoms with Gasteiger partial charge in [-0.1, -0.05) is 18.2 Å². The van der Waals surface area contributed by atoms with Crippen LogP contribution in [-0.2, 0) is 6.42 Å². The molecule has 2 aromatic heterocycles. The molecule has 3 nitrogen and oxygen atoms in total. The fraction of sp³-hybridized carbons (Fsp3) is 0.188. The van der Waals surface area contributed by atoms with Crippen LogP contribution in [0.5, 0.6) is 0 Å². The summed E-state index contributed by atoms with van der Waals surface area (Å²) in [7, 11) is 0. The molecule has 19 heavy (non-hydrogen) atoms. The predicted molar refractivity (Wildman–Crippen MR) is 75.8 cm³/mol. The molecule has 0 aliphatic rings. The van der Waals surface area contributed by atoms with Crippen molar-refractivity contribution in [2.45, 2.75) is 19.4 Å². The number of hydrogen-bond acceptors (Lipinski definition) is 3. The average Bonchev–Trinajstić information content (AvgIpc) is 2.86. The van der Waals surface area contributed by atoms with Crippen LogP contribution in [0.2, 0.25) is 0 Å². The Morgan fingerprint density at radius 2 is 2.00 bits per heavy atom. The van der Waals surface area contributed by atoms with Crippen molar-refractivity contribution < 1.29 is 4.42 Å². The molecule has 0 saturated heterocycles. The Bertz CT molecular complexity index is 697. The van der Waals surface area contributed by atoms with E-state index >= 15 is 0 Å². The quantitative estimate of drug-likeness (QED) is 0.777. The lowest BCUT2D eigenvalue weighted by molar-refractivity contribution is 0.445. The highest BCUT2D eigenvalue weighted by Gasteiger charge is 2.12. The third-order valence-electron chi connectivity index (χ3n) is 3.31. The molecule has 1 atom stereocenters. The third kappa shape index (κ3) is 2.37. The van der Waals surface area contributed by atoms with Gasteiger partial charge < -0.3 is 10.2 Å². The summed E-state index contributed by atoms with van der Waals surface area (Å²) in [5.74, 6) is 1.73. The summed E-state index contributed by atoms with van der Waals surface area (Å²) in [6.07, 6.45) is 2.58. The molecule has 0 spiro atoms. The van der Waals surface area contributed by atoms with E-state index in [9.17, 15) is 0 Å². The maximum Gasteiger partial charge on any atom is 0.121 e. The van der Waals surface area contributed by atoms with Crippen molar-refractivity contribution in [2.75, 3.05) is 0 Å².